The second-order valence-corrected chi connectivity index (χ2v) is 9.15. The van der Waals surface area contributed by atoms with Crippen molar-refractivity contribution in [2.24, 2.45) is 11.8 Å². The maximum absolute atomic E-state index is 13.6. The normalized spacial score (nSPS) is 31.8. The van der Waals surface area contributed by atoms with Gasteiger partial charge in [-0.2, -0.15) is 0 Å². The molecule has 2 amide bonds. The number of para-hydroxylation sites is 1. The summed E-state index contributed by atoms with van der Waals surface area (Å²) in [6.45, 7) is 2.23. The molecule has 0 aromatic heterocycles. The molecule has 5 atom stereocenters. The van der Waals surface area contributed by atoms with E-state index in [0.29, 0.717) is 23.1 Å². The first-order chi connectivity index (χ1) is 14.1. The molecule has 1 aliphatic heterocycles. The van der Waals surface area contributed by atoms with E-state index in [1.54, 1.807) is 7.11 Å². The number of carbonyl (C=O) groups excluding carboxylic acids is 2. The van der Waals surface area contributed by atoms with Crippen LogP contribution in [0, 0.1) is 11.8 Å². The van der Waals surface area contributed by atoms with E-state index in [1.165, 1.54) is 25.7 Å². The molecule has 29 heavy (non-hydrogen) atoms. The number of hydrogen-bond donors (Lipinski definition) is 1. The third-order valence-corrected chi connectivity index (χ3v) is 7.40. The van der Waals surface area contributed by atoms with Crippen LogP contribution < -0.4 is 10.1 Å². The standard InChI is InChI=1S/C24H34N2O3/c1-16-9-3-6-12-19(16)25-23(27)21-15-17-10-4-7-13-20(17)26(21)24(28)18-11-5-8-14-22(18)29-2/h5,8,11,14,16-17,19-21H,3-4,6-7,9-10,12-13,15H2,1-2H3,(H,25,27)/t16-,17+,19+,20+,21-/m0/s1. The molecule has 2 aliphatic carbocycles. The highest BCUT2D eigenvalue weighted by atomic mass is 16.5. The molecular formula is C24H34N2O3. The van der Waals surface area contributed by atoms with Crippen molar-refractivity contribution < 1.29 is 14.3 Å². The molecule has 1 aromatic rings. The lowest BCUT2D eigenvalue weighted by Gasteiger charge is -2.35. The Balaban J connectivity index is 1.59. The first-order valence-corrected chi connectivity index (χ1v) is 11.4. The van der Waals surface area contributed by atoms with Gasteiger partial charge in [0.25, 0.3) is 5.91 Å². The summed E-state index contributed by atoms with van der Waals surface area (Å²) in [6.07, 6.45) is 9.88. The number of amides is 2. The molecule has 1 saturated heterocycles. The Morgan fingerprint density at radius 2 is 1.76 bits per heavy atom. The van der Waals surface area contributed by atoms with Crippen LogP contribution in [0.3, 0.4) is 0 Å². The fraction of sp³-hybridized carbons (Fsp3) is 0.667. The number of nitrogens with one attached hydrogen (secondary N) is 1. The molecule has 1 N–H and O–H groups in total. The van der Waals surface area contributed by atoms with Crippen molar-refractivity contribution in [3.8, 4) is 5.75 Å². The second-order valence-electron chi connectivity index (χ2n) is 9.15. The van der Waals surface area contributed by atoms with Gasteiger partial charge in [-0.1, -0.05) is 44.7 Å². The predicted molar refractivity (Wildman–Crippen MR) is 113 cm³/mol. The number of fused-ring (bicyclic) bond motifs is 1. The highest BCUT2D eigenvalue weighted by Gasteiger charge is 2.48. The Kier molecular flexibility index (Phi) is 6.12. The van der Waals surface area contributed by atoms with E-state index in [9.17, 15) is 9.59 Å². The van der Waals surface area contributed by atoms with Crippen molar-refractivity contribution in [3.63, 3.8) is 0 Å². The lowest BCUT2D eigenvalue weighted by atomic mass is 9.84. The largest absolute Gasteiger partial charge is 0.496 e. The molecule has 0 radical (unpaired) electrons. The number of ether oxygens (including phenoxy) is 1. The first-order valence-electron chi connectivity index (χ1n) is 11.4. The Bertz CT molecular complexity index is 749. The molecule has 4 rings (SSSR count). The van der Waals surface area contributed by atoms with Gasteiger partial charge < -0.3 is 15.0 Å². The van der Waals surface area contributed by atoms with Crippen LogP contribution in [0.4, 0.5) is 0 Å². The van der Waals surface area contributed by atoms with Gasteiger partial charge in [-0.25, -0.2) is 0 Å². The molecule has 3 fully saturated rings. The van der Waals surface area contributed by atoms with Gasteiger partial charge in [-0.3, -0.25) is 9.59 Å². The maximum atomic E-state index is 13.6. The van der Waals surface area contributed by atoms with Crippen LogP contribution in [0.25, 0.3) is 0 Å². The number of likely N-dealkylation sites (tertiary alicyclic amines) is 1. The number of rotatable bonds is 4. The predicted octanol–water partition coefficient (Wildman–Crippen LogP) is 4.16. The van der Waals surface area contributed by atoms with Crippen LogP contribution in [-0.2, 0) is 4.79 Å². The van der Waals surface area contributed by atoms with Crippen molar-refractivity contribution in [2.45, 2.75) is 82.8 Å². The molecule has 5 heteroatoms. The van der Waals surface area contributed by atoms with E-state index in [0.717, 1.165) is 32.1 Å². The molecule has 0 spiro atoms. The van der Waals surface area contributed by atoms with E-state index < -0.39 is 0 Å². The van der Waals surface area contributed by atoms with Gasteiger partial charge in [0.15, 0.2) is 0 Å². The Morgan fingerprint density at radius 3 is 2.55 bits per heavy atom. The molecule has 5 nitrogen and oxygen atoms in total. The number of benzene rings is 1. The minimum Gasteiger partial charge on any atom is -0.496 e. The fourth-order valence-corrected chi connectivity index (χ4v) is 5.76. The van der Waals surface area contributed by atoms with Gasteiger partial charge in [0.1, 0.15) is 11.8 Å². The molecule has 3 aliphatic rings. The summed E-state index contributed by atoms with van der Waals surface area (Å²) in [5.74, 6) is 1.50. The summed E-state index contributed by atoms with van der Waals surface area (Å²) >= 11 is 0. The lowest BCUT2D eigenvalue weighted by Crippen LogP contribution is -2.52. The van der Waals surface area contributed by atoms with Crippen LogP contribution in [0.15, 0.2) is 24.3 Å². The lowest BCUT2D eigenvalue weighted by molar-refractivity contribution is -0.126. The monoisotopic (exact) mass is 398 g/mol. The minimum absolute atomic E-state index is 0.0430. The van der Waals surface area contributed by atoms with Crippen LogP contribution in [-0.4, -0.2) is 41.9 Å². The van der Waals surface area contributed by atoms with E-state index in [1.807, 2.05) is 29.2 Å². The second kappa shape index (κ2) is 8.76. The van der Waals surface area contributed by atoms with E-state index in [4.69, 9.17) is 4.74 Å². The average molecular weight is 399 g/mol. The third kappa shape index (κ3) is 4.01. The molecule has 158 valence electrons. The van der Waals surface area contributed by atoms with Crippen molar-refractivity contribution >= 4 is 11.8 Å². The van der Waals surface area contributed by atoms with Crippen LogP contribution in [0.2, 0.25) is 0 Å². The molecule has 1 heterocycles. The zero-order valence-corrected chi connectivity index (χ0v) is 17.7. The minimum atomic E-state index is -0.366. The summed E-state index contributed by atoms with van der Waals surface area (Å²) in [6, 6.07) is 7.41. The van der Waals surface area contributed by atoms with Crippen molar-refractivity contribution in [1.29, 1.82) is 0 Å². The van der Waals surface area contributed by atoms with E-state index in [2.05, 4.69) is 12.2 Å². The van der Waals surface area contributed by atoms with Gasteiger partial charge in [-0.15, -0.1) is 0 Å². The van der Waals surface area contributed by atoms with Gasteiger partial charge in [-0.05, 0) is 56.1 Å². The van der Waals surface area contributed by atoms with Crippen molar-refractivity contribution in [3.05, 3.63) is 29.8 Å². The summed E-state index contributed by atoms with van der Waals surface area (Å²) in [7, 11) is 1.59. The Morgan fingerprint density at radius 1 is 1.03 bits per heavy atom. The zero-order chi connectivity index (χ0) is 20.4. The summed E-state index contributed by atoms with van der Waals surface area (Å²) < 4.78 is 5.45. The van der Waals surface area contributed by atoms with Crippen LogP contribution in [0.5, 0.6) is 5.75 Å². The van der Waals surface area contributed by atoms with Gasteiger partial charge >= 0.3 is 0 Å². The highest BCUT2D eigenvalue weighted by Crippen LogP contribution is 2.41. The number of nitrogens with zero attached hydrogens (tertiary/aromatic N) is 1. The zero-order valence-electron chi connectivity index (χ0n) is 17.7. The summed E-state index contributed by atoms with van der Waals surface area (Å²) in [5, 5.41) is 3.32. The van der Waals surface area contributed by atoms with Crippen molar-refractivity contribution in [1.82, 2.24) is 10.2 Å². The van der Waals surface area contributed by atoms with Crippen LogP contribution in [0.1, 0.15) is 75.1 Å². The first kappa shape index (κ1) is 20.2. The van der Waals surface area contributed by atoms with Crippen molar-refractivity contribution in [2.75, 3.05) is 7.11 Å². The molecule has 0 unspecified atom stereocenters. The third-order valence-electron chi connectivity index (χ3n) is 7.40. The fourth-order valence-electron chi connectivity index (χ4n) is 5.76. The highest BCUT2D eigenvalue weighted by molar-refractivity contribution is 6.00. The SMILES string of the molecule is COc1ccccc1C(=O)N1[C@@H]2CCCC[C@@H]2C[C@H]1C(=O)N[C@@H]1CCCC[C@@H]1C. The molecule has 0 bridgehead atoms. The average Bonchev–Trinajstić information content (AvgIpc) is 3.14. The number of hydrogen-bond acceptors (Lipinski definition) is 3. The van der Waals surface area contributed by atoms with Gasteiger partial charge in [0.05, 0.1) is 12.7 Å². The molecular weight excluding hydrogens is 364 g/mol. The van der Waals surface area contributed by atoms with Gasteiger partial charge in [0, 0.05) is 12.1 Å². The van der Waals surface area contributed by atoms with E-state index >= 15 is 0 Å². The smallest absolute Gasteiger partial charge is 0.258 e. The Hall–Kier alpha value is -2.04. The number of carbonyl (C=O) groups is 2. The van der Waals surface area contributed by atoms with E-state index in [-0.39, 0.29) is 29.9 Å². The summed E-state index contributed by atoms with van der Waals surface area (Å²) in [4.78, 5) is 28.9. The summed E-state index contributed by atoms with van der Waals surface area (Å²) in [5.41, 5.74) is 0.560. The quantitative estimate of drug-likeness (QED) is 0.828. The van der Waals surface area contributed by atoms with Gasteiger partial charge in [0.2, 0.25) is 5.91 Å². The number of methoxy groups -OCH3 is 1. The van der Waals surface area contributed by atoms with Crippen LogP contribution >= 0.6 is 0 Å². The topological polar surface area (TPSA) is 58.6 Å². The molecule has 2 saturated carbocycles. The molecule has 1 aromatic carbocycles. The Labute approximate surface area is 174 Å². The maximum Gasteiger partial charge on any atom is 0.258 e.